The fourth-order valence-corrected chi connectivity index (χ4v) is 1.19. The van der Waals surface area contributed by atoms with Crippen molar-refractivity contribution in [2.75, 3.05) is 33.3 Å². The average molecular weight is 246 g/mol. The second-order valence-electron chi connectivity index (χ2n) is 5.86. The Balaban J connectivity index is 3.49. The molecule has 4 heteroatoms. The Morgan fingerprint density at radius 3 is 2.35 bits per heavy atom. The molecule has 104 valence electrons. The van der Waals surface area contributed by atoms with E-state index in [1.807, 2.05) is 20.8 Å². The van der Waals surface area contributed by atoms with Gasteiger partial charge in [-0.3, -0.25) is 0 Å². The normalized spacial score (nSPS) is 14.6. The monoisotopic (exact) mass is 246 g/mol. The standard InChI is InChI=1S/C13H30N2O2/c1-11(2)15(6)8-7-14-9-12(16)10-17-13(3,4)5/h11-12,14,16H,7-10H2,1-6H3. The minimum atomic E-state index is -0.432. The molecule has 17 heavy (non-hydrogen) atoms. The molecule has 0 aromatic rings. The number of aliphatic hydroxyl groups is 1. The lowest BCUT2D eigenvalue weighted by Crippen LogP contribution is -2.38. The van der Waals surface area contributed by atoms with E-state index in [9.17, 15) is 5.11 Å². The Morgan fingerprint density at radius 2 is 1.88 bits per heavy atom. The molecule has 0 aliphatic carbocycles. The summed E-state index contributed by atoms with van der Waals surface area (Å²) in [4.78, 5) is 2.27. The molecule has 0 radical (unpaired) electrons. The van der Waals surface area contributed by atoms with Crippen LogP contribution in [-0.2, 0) is 4.74 Å². The van der Waals surface area contributed by atoms with E-state index >= 15 is 0 Å². The van der Waals surface area contributed by atoms with Gasteiger partial charge in [-0.25, -0.2) is 0 Å². The molecule has 4 nitrogen and oxygen atoms in total. The van der Waals surface area contributed by atoms with Gasteiger partial charge in [-0.05, 0) is 41.7 Å². The van der Waals surface area contributed by atoms with Crippen LogP contribution >= 0.6 is 0 Å². The van der Waals surface area contributed by atoms with Crippen LogP contribution in [0.15, 0.2) is 0 Å². The van der Waals surface area contributed by atoms with Gasteiger partial charge in [0.2, 0.25) is 0 Å². The molecule has 0 amide bonds. The third-order valence-corrected chi connectivity index (χ3v) is 2.61. The first kappa shape index (κ1) is 16.8. The number of aliphatic hydroxyl groups excluding tert-OH is 1. The summed E-state index contributed by atoms with van der Waals surface area (Å²) in [6.07, 6.45) is -0.432. The molecular formula is C13H30N2O2. The maximum absolute atomic E-state index is 9.69. The highest BCUT2D eigenvalue weighted by Gasteiger charge is 2.13. The summed E-state index contributed by atoms with van der Waals surface area (Å²) in [5.41, 5.74) is -0.182. The number of nitrogens with zero attached hydrogens (tertiary/aromatic N) is 1. The second kappa shape index (κ2) is 8.03. The highest BCUT2D eigenvalue weighted by molar-refractivity contribution is 4.65. The molecule has 0 rings (SSSR count). The lowest BCUT2D eigenvalue weighted by atomic mass is 10.2. The van der Waals surface area contributed by atoms with Gasteiger partial charge >= 0.3 is 0 Å². The molecule has 0 heterocycles. The number of likely N-dealkylation sites (N-methyl/N-ethyl adjacent to an activating group) is 1. The smallest absolute Gasteiger partial charge is 0.0897 e. The SMILES string of the molecule is CC(C)N(C)CCNCC(O)COC(C)(C)C. The van der Waals surface area contributed by atoms with Crippen LogP contribution in [0.2, 0.25) is 0 Å². The lowest BCUT2D eigenvalue weighted by Gasteiger charge is -2.23. The van der Waals surface area contributed by atoms with E-state index in [2.05, 4.69) is 31.1 Å². The van der Waals surface area contributed by atoms with Gasteiger partial charge in [-0.1, -0.05) is 0 Å². The van der Waals surface area contributed by atoms with Gasteiger partial charge in [-0.15, -0.1) is 0 Å². The van der Waals surface area contributed by atoms with E-state index < -0.39 is 6.10 Å². The van der Waals surface area contributed by atoms with E-state index in [1.165, 1.54) is 0 Å². The van der Waals surface area contributed by atoms with Gasteiger partial charge in [-0.2, -0.15) is 0 Å². The van der Waals surface area contributed by atoms with Gasteiger partial charge in [0.15, 0.2) is 0 Å². The van der Waals surface area contributed by atoms with Crippen molar-refractivity contribution in [3.05, 3.63) is 0 Å². The van der Waals surface area contributed by atoms with E-state index in [0.29, 0.717) is 19.2 Å². The van der Waals surface area contributed by atoms with Crippen LogP contribution in [0, 0.1) is 0 Å². The molecule has 1 unspecified atom stereocenters. The van der Waals surface area contributed by atoms with Crippen molar-refractivity contribution in [3.63, 3.8) is 0 Å². The third kappa shape index (κ3) is 10.7. The Morgan fingerprint density at radius 1 is 1.29 bits per heavy atom. The second-order valence-corrected chi connectivity index (χ2v) is 5.86. The highest BCUT2D eigenvalue weighted by atomic mass is 16.5. The predicted molar refractivity (Wildman–Crippen MR) is 72.3 cm³/mol. The van der Waals surface area contributed by atoms with Crippen LogP contribution < -0.4 is 5.32 Å². The summed E-state index contributed by atoms with van der Waals surface area (Å²) in [5, 5.41) is 12.9. The Hall–Kier alpha value is -0.160. The molecule has 2 N–H and O–H groups in total. The van der Waals surface area contributed by atoms with Crippen LogP contribution in [0.5, 0.6) is 0 Å². The van der Waals surface area contributed by atoms with Crippen LogP contribution in [-0.4, -0.2) is 61.0 Å². The average Bonchev–Trinajstić information content (AvgIpc) is 2.20. The van der Waals surface area contributed by atoms with E-state index in [1.54, 1.807) is 0 Å². The summed E-state index contributed by atoms with van der Waals surface area (Å²) in [6.45, 7) is 13.2. The van der Waals surface area contributed by atoms with Crippen LogP contribution in [0.4, 0.5) is 0 Å². The van der Waals surface area contributed by atoms with Crippen molar-refractivity contribution in [2.24, 2.45) is 0 Å². The quantitative estimate of drug-likeness (QED) is 0.629. The molecule has 0 spiro atoms. The number of hydrogen-bond donors (Lipinski definition) is 2. The van der Waals surface area contributed by atoms with Gasteiger partial charge < -0.3 is 20.1 Å². The van der Waals surface area contributed by atoms with Gasteiger partial charge in [0.1, 0.15) is 0 Å². The minimum absolute atomic E-state index is 0.182. The topological polar surface area (TPSA) is 44.7 Å². The van der Waals surface area contributed by atoms with Gasteiger partial charge in [0.25, 0.3) is 0 Å². The number of hydrogen-bond acceptors (Lipinski definition) is 4. The summed E-state index contributed by atoms with van der Waals surface area (Å²) < 4.78 is 5.51. The molecule has 0 fully saturated rings. The summed E-state index contributed by atoms with van der Waals surface area (Å²) in [6, 6.07) is 0.561. The molecular weight excluding hydrogens is 216 g/mol. The van der Waals surface area contributed by atoms with Crippen molar-refractivity contribution in [1.82, 2.24) is 10.2 Å². The predicted octanol–water partition coefficient (Wildman–Crippen LogP) is 1.09. The summed E-state index contributed by atoms with van der Waals surface area (Å²) in [7, 11) is 2.10. The molecule has 0 aromatic heterocycles. The van der Waals surface area contributed by atoms with Crippen LogP contribution in [0.25, 0.3) is 0 Å². The van der Waals surface area contributed by atoms with Crippen LogP contribution in [0.1, 0.15) is 34.6 Å². The molecule has 0 aliphatic rings. The number of nitrogens with one attached hydrogen (secondary N) is 1. The van der Waals surface area contributed by atoms with Gasteiger partial charge in [0.05, 0.1) is 18.3 Å². The van der Waals surface area contributed by atoms with Crippen molar-refractivity contribution >= 4 is 0 Å². The first-order valence-electron chi connectivity index (χ1n) is 6.45. The van der Waals surface area contributed by atoms with Gasteiger partial charge in [0, 0.05) is 25.7 Å². The molecule has 0 saturated heterocycles. The van der Waals surface area contributed by atoms with Crippen molar-refractivity contribution in [3.8, 4) is 0 Å². The Bertz CT molecular complexity index is 190. The molecule has 0 bridgehead atoms. The lowest BCUT2D eigenvalue weighted by molar-refractivity contribution is -0.0478. The van der Waals surface area contributed by atoms with E-state index in [-0.39, 0.29) is 5.60 Å². The zero-order valence-electron chi connectivity index (χ0n) is 12.3. The zero-order chi connectivity index (χ0) is 13.5. The van der Waals surface area contributed by atoms with E-state index in [0.717, 1.165) is 13.1 Å². The Kier molecular flexibility index (Phi) is 7.96. The van der Waals surface area contributed by atoms with E-state index in [4.69, 9.17) is 4.74 Å². The first-order valence-corrected chi connectivity index (χ1v) is 6.45. The highest BCUT2D eigenvalue weighted by Crippen LogP contribution is 2.06. The Labute approximate surface area is 106 Å². The largest absolute Gasteiger partial charge is 0.389 e. The number of rotatable bonds is 8. The first-order chi connectivity index (χ1) is 7.72. The molecule has 0 saturated carbocycles. The van der Waals surface area contributed by atoms with Crippen molar-refractivity contribution < 1.29 is 9.84 Å². The van der Waals surface area contributed by atoms with Crippen molar-refractivity contribution in [1.29, 1.82) is 0 Å². The summed E-state index contributed by atoms with van der Waals surface area (Å²) in [5.74, 6) is 0. The fraction of sp³-hybridized carbons (Fsp3) is 1.00. The molecule has 0 aromatic carbocycles. The number of ether oxygens (including phenoxy) is 1. The molecule has 0 aliphatic heterocycles. The third-order valence-electron chi connectivity index (χ3n) is 2.61. The minimum Gasteiger partial charge on any atom is -0.389 e. The maximum atomic E-state index is 9.69. The summed E-state index contributed by atoms with van der Waals surface area (Å²) >= 11 is 0. The maximum Gasteiger partial charge on any atom is 0.0897 e. The van der Waals surface area contributed by atoms with Crippen LogP contribution in [0.3, 0.4) is 0 Å². The molecule has 1 atom stereocenters. The van der Waals surface area contributed by atoms with Crippen molar-refractivity contribution in [2.45, 2.75) is 52.4 Å². The fourth-order valence-electron chi connectivity index (χ4n) is 1.19. The zero-order valence-corrected chi connectivity index (χ0v) is 12.3.